The van der Waals surface area contributed by atoms with Crippen molar-refractivity contribution < 1.29 is 9.49 Å². The van der Waals surface area contributed by atoms with E-state index in [0.717, 1.165) is 5.56 Å². The van der Waals surface area contributed by atoms with Crippen LogP contribution < -0.4 is 9.88 Å². The molecule has 0 aliphatic carbocycles. The Morgan fingerprint density at radius 3 is 2.95 bits per heavy atom. The smallest absolute Gasteiger partial charge is 0.287 e. The van der Waals surface area contributed by atoms with E-state index >= 15 is 0 Å². The second-order valence-corrected chi connectivity index (χ2v) is 4.51. The quantitative estimate of drug-likeness (QED) is 0.473. The number of aromatic nitrogens is 5. The van der Waals surface area contributed by atoms with E-state index in [-0.39, 0.29) is 5.70 Å². The van der Waals surface area contributed by atoms with Gasteiger partial charge in [-0.25, -0.2) is 4.57 Å². The third-order valence-corrected chi connectivity index (χ3v) is 3.17. The maximum atomic E-state index is 11.2. The second kappa shape index (κ2) is 4.68. The zero-order chi connectivity index (χ0) is 14.1. The summed E-state index contributed by atoms with van der Waals surface area (Å²) in [6.07, 6.45) is 5.59. The van der Waals surface area contributed by atoms with Crippen LogP contribution in [0.2, 0.25) is 0 Å². The topological polar surface area (TPSA) is 103 Å². The van der Waals surface area contributed by atoms with Crippen molar-refractivity contribution in [1.29, 1.82) is 0 Å². The number of allylic oxidation sites excluding steroid dienone is 1. The van der Waals surface area contributed by atoms with Gasteiger partial charge in [0.25, 0.3) is 5.70 Å². The SMILES string of the molecule is C[n+]1ccc(CC2C([N+](=O)[O-])=CNc3nnnn32)cc1. The van der Waals surface area contributed by atoms with Crippen molar-refractivity contribution in [2.75, 3.05) is 5.32 Å². The molecule has 1 aliphatic heterocycles. The monoisotopic (exact) mass is 274 g/mol. The van der Waals surface area contributed by atoms with Crippen LogP contribution in [-0.4, -0.2) is 25.1 Å². The van der Waals surface area contributed by atoms with E-state index in [0.29, 0.717) is 12.4 Å². The summed E-state index contributed by atoms with van der Waals surface area (Å²) in [7, 11) is 1.91. The summed E-state index contributed by atoms with van der Waals surface area (Å²) in [5.74, 6) is 0.405. The predicted molar refractivity (Wildman–Crippen MR) is 66.9 cm³/mol. The normalized spacial score (nSPS) is 17.1. The van der Waals surface area contributed by atoms with E-state index in [1.54, 1.807) is 0 Å². The molecule has 2 aromatic heterocycles. The number of hydrogen-bond acceptors (Lipinski definition) is 6. The molecule has 1 aliphatic rings. The lowest BCUT2D eigenvalue weighted by molar-refractivity contribution is -0.671. The molecule has 3 rings (SSSR count). The number of nitro groups is 1. The molecule has 9 heteroatoms. The van der Waals surface area contributed by atoms with Crippen LogP contribution in [0.4, 0.5) is 5.95 Å². The van der Waals surface area contributed by atoms with Crippen molar-refractivity contribution in [2.45, 2.75) is 12.5 Å². The summed E-state index contributed by atoms with van der Waals surface area (Å²) in [6.45, 7) is 0. The van der Waals surface area contributed by atoms with Gasteiger partial charge in [0.05, 0.1) is 11.1 Å². The highest BCUT2D eigenvalue weighted by molar-refractivity contribution is 5.34. The lowest BCUT2D eigenvalue weighted by atomic mass is 10.0. The summed E-state index contributed by atoms with van der Waals surface area (Å²) in [5, 5.41) is 25.0. The lowest BCUT2D eigenvalue weighted by Gasteiger charge is -2.19. The number of nitrogens with zero attached hydrogens (tertiary/aromatic N) is 6. The molecule has 0 saturated heterocycles. The average Bonchev–Trinajstić information content (AvgIpc) is 2.90. The van der Waals surface area contributed by atoms with Crippen molar-refractivity contribution in [1.82, 2.24) is 20.2 Å². The number of tetrazole rings is 1. The number of fused-ring (bicyclic) bond motifs is 1. The second-order valence-electron chi connectivity index (χ2n) is 4.51. The number of nitrogens with one attached hydrogen (secondary N) is 1. The minimum atomic E-state index is -0.524. The Balaban J connectivity index is 1.95. The van der Waals surface area contributed by atoms with E-state index in [1.165, 1.54) is 10.9 Å². The molecule has 20 heavy (non-hydrogen) atoms. The van der Waals surface area contributed by atoms with Gasteiger partial charge in [0.1, 0.15) is 7.05 Å². The number of pyridine rings is 1. The zero-order valence-corrected chi connectivity index (χ0v) is 10.7. The minimum absolute atomic E-state index is 0.0398. The molecule has 1 N–H and O–H groups in total. The van der Waals surface area contributed by atoms with Crippen LogP contribution in [0.15, 0.2) is 36.4 Å². The van der Waals surface area contributed by atoms with Crippen LogP contribution in [0.5, 0.6) is 0 Å². The third-order valence-electron chi connectivity index (χ3n) is 3.17. The molecule has 0 radical (unpaired) electrons. The Hall–Kier alpha value is -2.84. The average molecular weight is 274 g/mol. The van der Waals surface area contributed by atoms with E-state index in [1.807, 2.05) is 36.1 Å². The van der Waals surface area contributed by atoms with Gasteiger partial charge in [-0.05, 0) is 16.0 Å². The molecule has 0 bridgehead atoms. The summed E-state index contributed by atoms with van der Waals surface area (Å²) in [5.41, 5.74) is 1.02. The maximum Gasteiger partial charge on any atom is 0.287 e. The Kier molecular flexibility index (Phi) is 2.86. The minimum Gasteiger partial charge on any atom is -0.324 e. The van der Waals surface area contributed by atoms with Crippen molar-refractivity contribution in [2.24, 2.45) is 7.05 Å². The number of hydrogen-bond donors (Lipinski definition) is 1. The highest BCUT2D eigenvalue weighted by Gasteiger charge is 2.33. The van der Waals surface area contributed by atoms with Gasteiger partial charge >= 0.3 is 0 Å². The summed E-state index contributed by atoms with van der Waals surface area (Å²) >= 11 is 0. The largest absolute Gasteiger partial charge is 0.324 e. The zero-order valence-electron chi connectivity index (χ0n) is 10.7. The van der Waals surface area contributed by atoms with E-state index in [2.05, 4.69) is 20.8 Å². The first kappa shape index (κ1) is 12.2. The van der Waals surface area contributed by atoms with Crippen LogP contribution in [0.3, 0.4) is 0 Å². The highest BCUT2D eigenvalue weighted by atomic mass is 16.6. The van der Waals surface area contributed by atoms with Gasteiger partial charge in [-0.3, -0.25) is 10.1 Å². The summed E-state index contributed by atoms with van der Waals surface area (Å²) in [6, 6.07) is 3.32. The lowest BCUT2D eigenvalue weighted by Crippen LogP contribution is -2.28. The first-order valence-corrected chi connectivity index (χ1v) is 5.98. The van der Waals surface area contributed by atoms with Crippen LogP contribution in [0, 0.1) is 10.1 Å². The molecule has 1 unspecified atom stereocenters. The maximum absolute atomic E-state index is 11.2. The van der Waals surface area contributed by atoms with Crippen molar-refractivity contribution >= 4 is 5.95 Å². The third kappa shape index (κ3) is 2.09. The molecular weight excluding hydrogens is 262 g/mol. The van der Waals surface area contributed by atoms with E-state index < -0.39 is 11.0 Å². The Bertz CT molecular complexity index is 676. The predicted octanol–water partition coefficient (Wildman–Crippen LogP) is -0.175. The molecule has 3 heterocycles. The molecule has 1 atom stereocenters. The Morgan fingerprint density at radius 1 is 1.50 bits per heavy atom. The number of anilines is 1. The molecule has 0 aromatic carbocycles. The van der Waals surface area contributed by atoms with Gasteiger partial charge in [-0.15, -0.1) is 0 Å². The molecule has 2 aromatic rings. The molecule has 0 amide bonds. The van der Waals surface area contributed by atoms with Crippen LogP contribution >= 0.6 is 0 Å². The van der Waals surface area contributed by atoms with Gasteiger partial charge in [0, 0.05) is 18.6 Å². The number of aryl methyl sites for hydroxylation is 1. The Morgan fingerprint density at radius 2 is 2.25 bits per heavy atom. The highest BCUT2D eigenvalue weighted by Crippen LogP contribution is 2.27. The fraction of sp³-hybridized carbons (Fsp3) is 0.273. The van der Waals surface area contributed by atoms with E-state index in [4.69, 9.17) is 0 Å². The molecule has 9 nitrogen and oxygen atoms in total. The first-order chi connectivity index (χ1) is 9.65. The van der Waals surface area contributed by atoms with Crippen molar-refractivity contribution in [3.05, 3.63) is 52.1 Å². The molecule has 0 saturated carbocycles. The molecular formula is C11H12N7O2+. The summed E-state index contributed by atoms with van der Waals surface area (Å²) < 4.78 is 3.34. The fourth-order valence-electron chi connectivity index (χ4n) is 2.12. The van der Waals surface area contributed by atoms with Gasteiger partial charge < -0.3 is 5.32 Å². The van der Waals surface area contributed by atoms with Gasteiger partial charge in [0.2, 0.25) is 5.95 Å². The molecule has 0 fully saturated rings. The van der Waals surface area contributed by atoms with Gasteiger partial charge in [-0.1, -0.05) is 5.10 Å². The fourth-order valence-corrected chi connectivity index (χ4v) is 2.12. The van der Waals surface area contributed by atoms with Crippen LogP contribution in [0.25, 0.3) is 0 Å². The van der Waals surface area contributed by atoms with Crippen molar-refractivity contribution in [3.8, 4) is 0 Å². The molecule has 102 valence electrons. The summed E-state index contributed by atoms with van der Waals surface area (Å²) in [4.78, 5) is 10.7. The van der Waals surface area contributed by atoms with Crippen LogP contribution in [0.1, 0.15) is 11.6 Å². The molecule has 0 spiro atoms. The van der Waals surface area contributed by atoms with E-state index in [9.17, 15) is 10.1 Å². The standard InChI is InChI=1S/C11H12N7O2/c1-16-4-2-8(3-5-16)6-9-10(18(19)20)7-12-11-13-14-15-17(9)11/h2-5,7,9H,6H2,1H3,(H,12,13,15)/q+1. The number of rotatable bonds is 3. The van der Waals surface area contributed by atoms with Crippen LogP contribution in [-0.2, 0) is 13.5 Å². The van der Waals surface area contributed by atoms with Crippen molar-refractivity contribution in [3.63, 3.8) is 0 Å². The Labute approximate surface area is 113 Å². The van der Waals surface area contributed by atoms with Gasteiger partial charge in [0.15, 0.2) is 18.4 Å². The first-order valence-electron chi connectivity index (χ1n) is 5.98. The van der Waals surface area contributed by atoms with Gasteiger partial charge in [-0.2, -0.15) is 4.68 Å².